The maximum Gasteiger partial charge on any atom is 0.254 e. The first-order chi connectivity index (χ1) is 12.0. The summed E-state index contributed by atoms with van der Waals surface area (Å²) in [5, 5.41) is 2.00. The van der Waals surface area contributed by atoms with Crippen molar-refractivity contribution in [2.24, 2.45) is 0 Å². The molecule has 1 aromatic carbocycles. The van der Waals surface area contributed by atoms with Gasteiger partial charge in [-0.3, -0.25) is 9.59 Å². The highest BCUT2D eigenvalue weighted by molar-refractivity contribution is 8.00. The third kappa shape index (κ3) is 3.73. The van der Waals surface area contributed by atoms with E-state index in [-0.39, 0.29) is 5.56 Å². The van der Waals surface area contributed by atoms with Gasteiger partial charge in [0.2, 0.25) is 5.91 Å². The Morgan fingerprint density at radius 2 is 2.08 bits per heavy atom. The molecule has 0 fully saturated rings. The molecule has 5 nitrogen and oxygen atoms in total. The Balaban J connectivity index is 1.78. The third-order valence-electron chi connectivity index (χ3n) is 4.05. The monoisotopic (exact) mass is 365 g/mol. The number of aromatic amines is 1. The van der Waals surface area contributed by atoms with Gasteiger partial charge in [-0.1, -0.05) is 24.8 Å². The Kier molecular flexibility index (Phi) is 5.17. The first-order valence-corrected chi connectivity index (χ1v) is 8.91. The van der Waals surface area contributed by atoms with E-state index in [0.717, 1.165) is 42.4 Å². The van der Waals surface area contributed by atoms with Gasteiger partial charge in [0.05, 0.1) is 10.9 Å². The van der Waals surface area contributed by atoms with E-state index in [1.54, 1.807) is 6.92 Å². The summed E-state index contributed by atoms with van der Waals surface area (Å²) in [6.45, 7) is 1.78. The molecule has 1 aromatic heterocycles. The zero-order chi connectivity index (χ0) is 18.0. The van der Waals surface area contributed by atoms with E-state index in [1.807, 2.05) is 0 Å². The van der Waals surface area contributed by atoms with E-state index in [1.165, 1.54) is 6.07 Å². The molecule has 0 bridgehead atoms. The maximum absolute atomic E-state index is 13.7. The van der Waals surface area contributed by atoms with E-state index >= 15 is 0 Å². The van der Waals surface area contributed by atoms with Crippen LogP contribution >= 0.6 is 11.8 Å². The second kappa shape index (κ2) is 7.35. The van der Waals surface area contributed by atoms with Gasteiger partial charge in [-0.25, -0.2) is 13.8 Å². The summed E-state index contributed by atoms with van der Waals surface area (Å²) in [5.41, 5.74) is 0.819. The van der Waals surface area contributed by atoms with Crippen molar-refractivity contribution in [1.82, 2.24) is 9.97 Å². The highest BCUT2D eigenvalue weighted by atomic mass is 32.2. The molecule has 1 aliphatic carbocycles. The molecule has 132 valence electrons. The number of H-pyrrole nitrogens is 1. The van der Waals surface area contributed by atoms with E-state index in [4.69, 9.17) is 0 Å². The van der Waals surface area contributed by atoms with Crippen molar-refractivity contribution in [3.63, 3.8) is 0 Å². The van der Waals surface area contributed by atoms with Crippen LogP contribution in [-0.4, -0.2) is 21.1 Å². The highest BCUT2D eigenvalue weighted by Crippen LogP contribution is 2.26. The molecule has 2 aromatic rings. The number of nitrogens with one attached hydrogen (secondary N) is 2. The van der Waals surface area contributed by atoms with Crippen molar-refractivity contribution in [3.05, 3.63) is 51.4 Å². The van der Waals surface area contributed by atoms with Crippen LogP contribution in [0.5, 0.6) is 0 Å². The van der Waals surface area contributed by atoms with Crippen molar-refractivity contribution >= 4 is 23.4 Å². The lowest BCUT2D eigenvalue weighted by Crippen LogP contribution is -2.26. The number of fused-ring (bicyclic) bond motifs is 1. The van der Waals surface area contributed by atoms with E-state index in [0.29, 0.717) is 23.6 Å². The van der Waals surface area contributed by atoms with Gasteiger partial charge in [0.25, 0.3) is 5.56 Å². The standard InChI is InChI=1S/C17H17F2N3O2S/c1-2-13(16(24)21-14-10(18)6-4-7-11(14)19)25-17-20-12-8-3-5-9(12)15(23)22-17/h4,6-7,13H,2-3,5,8H2,1H3,(H,21,24)(H,20,22,23). The maximum atomic E-state index is 13.7. The zero-order valence-corrected chi connectivity index (χ0v) is 14.4. The van der Waals surface area contributed by atoms with Gasteiger partial charge in [-0.15, -0.1) is 0 Å². The summed E-state index contributed by atoms with van der Waals surface area (Å²) >= 11 is 1.08. The minimum atomic E-state index is -0.836. The molecule has 1 aliphatic rings. The summed E-state index contributed by atoms with van der Waals surface area (Å²) in [6.07, 6.45) is 2.76. The molecule has 3 rings (SSSR count). The lowest BCUT2D eigenvalue weighted by atomic mass is 10.2. The second-order valence-electron chi connectivity index (χ2n) is 5.75. The molecule has 1 unspecified atom stereocenters. The van der Waals surface area contributed by atoms with Crippen LogP contribution in [-0.2, 0) is 17.6 Å². The Morgan fingerprint density at radius 1 is 1.36 bits per heavy atom. The molecule has 8 heteroatoms. The largest absolute Gasteiger partial charge is 0.320 e. The van der Waals surface area contributed by atoms with Crippen LogP contribution in [0.15, 0.2) is 28.2 Å². The number of carbonyl (C=O) groups is 1. The van der Waals surface area contributed by atoms with Gasteiger partial charge in [-0.2, -0.15) is 0 Å². The number of amides is 1. The molecule has 2 N–H and O–H groups in total. The predicted molar refractivity (Wildman–Crippen MR) is 91.8 cm³/mol. The lowest BCUT2D eigenvalue weighted by Gasteiger charge is -2.15. The zero-order valence-electron chi connectivity index (χ0n) is 13.6. The van der Waals surface area contributed by atoms with Crippen LogP contribution in [0.4, 0.5) is 14.5 Å². The Bertz CT molecular complexity index is 849. The van der Waals surface area contributed by atoms with Gasteiger partial charge in [-0.05, 0) is 37.8 Å². The number of anilines is 1. The van der Waals surface area contributed by atoms with Crippen LogP contribution in [0.2, 0.25) is 0 Å². The quantitative estimate of drug-likeness (QED) is 0.631. The predicted octanol–water partition coefficient (Wildman–Crippen LogP) is 3.05. The van der Waals surface area contributed by atoms with Crippen LogP contribution < -0.4 is 10.9 Å². The Labute approximate surface area is 147 Å². The van der Waals surface area contributed by atoms with Gasteiger partial charge in [0.15, 0.2) is 5.16 Å². The number of benzene rings is 1. The number of hydrogen-bond acceptors (Lipinski definition) is 4. The summed E-state index contributed by atoms with van der Waals surface area (Å²) in [6, 6.07) is 3.38. The molecule has 0 saturated carbocycles. The molecular formula is C17H17F2N3O2S. The SMILES string of the molecule is CCC(Sc1nc2c(c(=O)[nH]1)CCC2)C(=O)Nc1c(F)cccc1F. The fraction of sp³-hybridized carbons (Fsp3) is 0.353. The molecule has 1 amide bonds. The number of rotatable bonds is 5. The Hall–Kier alpha value is -2.22. The second-order valence-corrected chi connectivity index (χ2v) is 6.94. The molecular weight excluding hydrogens is 348 g/mol. The van der Waals surface area contributed by atoms with Gasteiger partial charge < -0.3 is 10.3 Å². The number of aromatic nitrogens is 2. The number of nitrogens with zero attached hydrogens (tertiary/aromatic N) is 1. The molecule has 0 aliphatic heterocycles. The minimum Gasteiger partial charge on any atom is -0.320 e. The fourth-order valence-electron chi connectivity index (χ4n) is 2.75. The van der Waals surface area contributed by atoms with Crippen molar-refractivity contribution in [2.45, 2.75) is 43.0 Å². The Morgan fingerprint density at radius 3 is 2.76 bits per heavy atom. The van der Waals surface area contributed by atoms with Crippen molar-refractivity contribution in [1.29, 1.82) is 0 Å². The van der Waals surface area contributed by atoms with Crippen molar-refractivity contribution in [2.75, 3.05) is 5.32 Å². The van der Waals surface area contributed by atoms with Gasteiger partial charge >= 0.3 is 0 Å². The number of hydrogen-bond donors (Lipinski definition) is 2. The van der Waals surface area contributed by atoms with E-state index < -0.39 is 28.5 Å². The number of halogens is 2. The average Bonchev–Trinajstić information content (AvgIpc) is 3.05. The number of carbonyl (C=O) groups excluding carboxylic acids is 1. The summed E-state index contributed by atoms with van der Waals surface area (Å²) in [5.74, 6) is -2.21. The minimum absolute atomic E-state index is 0.180. The first kappa shape index (κ1) is 17.6. The molecule has 0 saturated heterocycles. The van der Waals surface area contributed by atoms with Gasteiger partial charge in [0.1, 0.15) is 17.3 Å². The van der Waals surface area contributed by atoms with E-state index in [2.05, 4.69) is 15.3 Å². The molecule has 25 heavy (non-hydrogen) atoms. The molecule has 1 atom stereocenters. The molecule has 0 spiro atoms. The topological polar surface area (TPSA) is 74.8 Å². The normalized spacial score (nSPS) is 14.2. The first-order valence-electron chi connectivity index (χ1n) is 8.03. The number of thioether (sulfide) groups is 1. The van der Waals surface area contributed by atoms with Crippen molar-refractivity contribution in [3.8, 4) is 0 Å². The van der Waals surface area contributed by atoms with Crippen LogP contribution in [0, 0.1) is 11.6 Å². The summed E-state index contributed by atoms with van der Waals surface area (Å²) in [4.78, 5) is 31.5. The fourth-order valence-corrected chi connectivity index (χ4v) is 3.67. The number of para-hydroxylation sites is 1. The molecule has 0 radical (unpaired) electrons. The van der Waals surface area contributed by atoms with E-state index in [9.17, 15) is 18.4 Å². The number of aryl methyl sites for hydroxylation is 1. The summed E-state index contributed by atoms with van der Waals surface area (Å²) < 4.78 is 27.4. The summed E-state index contributed by atoms with van der Waals surface area (Å²) in [7, 11) is 0. The van der Waals surface area contributed by atoms with Crippen molar-refractivity contribution < 1.29 is 13.6 Å². The third-order valence-corrected chi connectivity index (χ3v) is 5.30. The smallest absolute Gasteiger partial charge is 0.254 e. The lowest BCUT2D eigenvalue weighted by molar-refractivity contribution is -0.115. The molecule has 1 heterocycles. The van der Waals surface area contributed by atoms with Crippen LogP contribution in [0.25, 0.3) is 0 Å². The van der Waals surface area contributed by atoms with Crippen LogP contribution in [0.1, 0.15) is 31.0 Å². The average molecular weight is 365 g/mol. The highest BCUT2D eigenvalue weighted by Gasteiger charge is 2.24. The van der Waals surface area contributed by atoms with Gasteiger partial charge in [0, 0.05) is 5.56 Å². The van der Waals surface area contributed by atoms with Crippen LogP contribution in [0.3, 0.4) is 0 Å².